The smallest absolute Gasteiger partial charge is 0.138 e. The van der Waals surface area contributed by atoms with Gasteiger partial charge in [-0.25, -0.2) is 0 Å². The van der Waals surface area contributed by atoms with Gasteiger partial charge in [0.05, 0.1) is 5.41 Å². The Morgan fingerprint density at radius 3 is 1.87 bits per heavy atom. The van der Waals surface area contributed by atoms with Crippen molar-refractivity contribution in [2.75, 3.05) is 4.90 Å². The third-order valence-corrected chi connectivity index (χ3v) is 15.9. The molecule has 316 valence electrons. The summed E-state index contributed by atoms with van der Waals surface area (Å²) in [5.74, 6) is 0.210. The van der Waals surface area contributed by atoms with Crippen molar-refractivity contribution in [2.45, 2.75) is 24.2 Å². The lowest BCUT2D eigenvalue weighted by atomic mass is 9.70. The summed E-state index contributed by atoms with van der Waals surface area (Å²) in [5, 5.41) is 4.94. The number of anilines is 3. The van der Waals surface area contributed by atoms with Gasteiger partial charge in [-0.15, -0.1) is 11.3 Å². The summed E-state index contributed by atoms with van der Waals surface area (Å²) >= 11 is 1.86. The summed E-state index contributed by atoms with van der Waals surface area (Å²) in [7, 11) is 0. The van der Waals surface area contributed by atoms with Gasteiger partial charge in [-0.3, -0.25) is 0 Å². The largest absolute Gasteiger partial charge is 0.456 e. The molecule has 0 radical (unpaired) electrons. The van der Waals surface area contributed by atoms with Crippen molar-refractivity contribution >= 4 is 70.5 Å². The number of hydrogen-bond acceptors (Lipinski definition) is 3. The van der Waals surface area contributed by atoms with Crippen molar-refractivity contribution in [1.82, 2.24) is 0 Å². The van der Waals surface area contributed by atoms with Crippen LogP contribution in [0.2, 0.25) is 0 Å². The number of para-hydroxylation sites is 3. The van der Waals surface area contributed by atoms with Gasteiger partial charge < -0.3 is 9.32 Å². The first-order valence-electron chi connectivity index (χ1n) is 23.4. The minimum Gasteiger partial charge on any atom is -0.456 e. The molecule has 0 bridgehead atoms. The molecule has 2 aliphatic rings. The topological polar surface area (TPSA) is 16.4 Å². The molecule has 2 nitrogen and oxygen atoms in total. The van der Waals surface area contributed by atoms with Gasteiger partial charge in [0.1, 0.15) is 11.2 Å². The Morgan fingerprint density at radius 2 is 1.00 bits per heavy atom. The summed E-state index contributed by atoms with van der Waals surface area (Å²) in [5.41, 5.74) is 19.5. The molecule has 3 heteroatoms. The summed E-state index contributed by atoms with van der Waals surface area (Å²) in [4.78, 5) is 2.45. The molecule has 67 heavy (non-hydrogen) atoms. The van der Waals surface area contributed by atoms with Crippen LogP contribution in [0.3, 0.4) is 0 Å². The maximum atomic E-state index is 6.63. The first-order valence-corrected chi connectivity index (χ1v) is 24.2. The third kappa shape index (κ3) is 5.75. The first-order chi connectivity index (χ1) is 33.2. The number of fused-ring (bicyclic) bond motifs is 16. The lowest BCUT2D eigenvalue weighted by molar-refractivity contribution is 0.641. The highest BCUT2D eigenvalue weighted by Gasteiger charge is 2.52. The van der Waals surface area contributed by atoms with Gasteiger partial charge in [0.2, 0.25) is 0 Å². The van der Waals surface area contributed by atoms with Gasteiger partial charge in [0, 0.05) is 48.0 Å². The van der Waals surface area contributed by atoms with Crippen LogP contribution in [-0.4, -0.2) is 0 Å². The summed E-state index contributed by atoms with van der Waals surface area (Å²) in [6.45, 7) is 0. The van der Waals surface area contributed by atoms with E-state index in [2.05, 4.69) is 235 Å². The predicted molar refractivity (Wildman–Crippen MR) is 281 cm³/mol. The zero-order valence-electron chi connectivity index (χ0n) is 36.7. The van der Waals surface area contributed by atoms with Crippen LogP contribution in [0, 0.1) is 0 Å². The van der Waals surface area contributed by atoms with Gasteiger partial charge in [0.25, 0.3) is 0 Å². The Hall–Kier alpha value is -7.98. The molecule has 0 saturated heterocycles. The summed E-state index contributed by atoms with van der Waals surface area (Å²) < 4.78 is 9.25. The maximum Gasteiger partial charge on any atom is 0.138 e. The standard InChI is InChI=1S/C64H43NOS/c1-3-17-41(18-4-1)44(38-43-20-15-27-52-50-24-9-13-31-59(50)66-63(43)52)37-42-19-16-30-57-62(42)53-26-8-12-29-56(53)64(57)55-28-11-7-23-48(55)49-35-33-47(40-58(49)64)65(45-21-5-2-6-22-45)46-34-36-61-54(39-46)51-25-10-14-32-60(51)67-61/h1-36,39-40,44H,37-38H2/t44-,64?/m0/s1. The average Bonchev–Trinajstić information content (AvgIpc) is 4.13. The van der Waals surface area contributed by atoms with Crippen LogP contribution in [-0.2, 0) is 18.3 Å². The van der Waals surface area contributed by atoms with E-state index in [-0.39, 0.29) is 5.92 Å². The van der Waals surface area contributed by atoms with Gasteiger partial charge in [-0.1, -0.05) is 176 Å². The van der Waals surface area contributed by atoms with E-state index in [1.165, 1.54) is 92.1 Å². The van der Waals surface area contributed by atoms with Crippen LogP contribution in [0.15, 0.2) is 235 Å². The monoisotopic (exact) mass is 873 g/mol. The second-order valence-electron chi connectivity index (χ2n) is 18.3. The minimum atomic E-state index is -0.512. The molecule has 2 atom stereocenters. The van der Waals surface area contributed by atoms with Gasteiger partial charge in [0.15, 0.2) is 0 Å². The van der Waals surface area contributed by atoms with E-state index in [0.717, 1.165) is 41.1 Å². The van der Waals surface area contributed by atoms with Crippen molar-refractivity contribution in [3.63, 3.8) is 0 Å². The summed E-state index contributed by atoms with van der Waals surface area (Å²) in [6.07, 6.45) is 1.74. The van der Waals surface area contributed by atoms with E-state index in [4.69, 9.17) is 4.42 Å². The van der Waals surface area contributed by atoms with Crippen LogP contribution < -0.4 is 4.90 Å². The van der Waals surface area contributed by atoms with E-state index in [1.54, 1.807) is 0 Å². The maximum absolute atomic E-state index is 6.63. The van der Waals surface area contributed by atoms with Crippen molar-refractivity contribution in [2.24, 2.45) is 0 Å². The normalized spacial score (nSPS) is 15.0. The molecule has 14 rings (SSSR count). The number of benzene rings is 10. The highest BCUT2D eigenvalue weighted by atomic mass is 32.1. The van der Waals surface area contributed by atoms with Crippen molar-refractivity contribution in [1.29, 1.82) is 0 Å². The van der Waals surface area contributed by atoms with E-state index in [9.17, 15) is 0 Å². The molecule has 0 aliphatic heterocycles. The van der Waals surface area contributed by atoms with E-state index >= 15 is 0 Å². The second kappa shape index (κ2) is 15.0. The number of thiophene rings is 1. The summed E-state index contributed by atoms with van der Waals surface area (Å²) in [6, 6.07) is 85.7. The fourth-order valence-corrected chi connectivity index (χ4v) is 13.1. The highest BCUT2D eigenvalue weighted by Crippen LogP contribution is 2.64. The average molecular weight is 874 g/mol. The number of nitrogens with zero attached hydrogens (tertiary/aromatic N) is 1. The van der Waals surface area contributed by atoms with E-state index < -0.39 is 5.41 Å². The molecule has 0 amide bonds. The molecule has 1 spiro atoms. The Morgan fingerprint density at radius 1 is 0.403 bits per heavy atom. The molecule has 1 unspecified atom stereocenters. The van der Waals surface area contributed by atoms with Gasteiger partial charge in [-0.05, 0) is 135 Å². The quantitative estimate of drug-likeness (QED) is 0.151. The molecule has 2 aromatic heterocycles. The van der Waals surface area contributed by atoms with Crippen LogP contribution >= 0.6 is 11.3 Å². The van der Waals surface area contributed by atoms with Crippen molar-refractivity contribution in [3.05, 3.63) is 269 Å². The fourth-order valence-electron chi connectivity index (χ4n) is 12.0. The second-order valence-corrected chi connectivity index (χ2v) is 19.4. The van der Waals surface area contributed by atoms with Crippen LogP contribution in [0.5, 0.6) is 0 Å². The first kappa shape index (κ1) is 38.3. The third-order valence-electron chi connectivity index (χ3n) is 14.8. The van der Waals surface area contributed by atoms with Crippen LogP contribution in [0.1, 0.15) is 44.9 Å². The number of hydrogen-bond donors (Lipinski definition) is 0. The zero-order valence-corrected chi connectivity index (χ0v) is 37.5. The molecule has 0 N–H and O–H groups in total. The number of rotatable bonds is 8. The lowest BCUT2D eigenvalue weighted by Crippen LogP contribution is -2.26. The molecular weight excluding hydrogens is 831 g/mol. The van der Waals surface area contributed by atoms with Gasteiger partial charge >= 0.3 is 0 Å². The Bertz CT molecular complexity index is 3900. The fraction of sp³-hybridized carbons (Fsp3) is 0.0625. The molecule has 10 aromatic carbocycles. The molecular formula is C64H43NOS. The van der Waals surface area contributed by atoms with Crippen molar-refractivity contribution in [3.8, 4) is 22.3 Å². The zero-order chi connectivity index (χ0) is 44.1. The predicted octanol–water partition coefficient (Wildman–Crippen LogP) is 17.3. The Kier molecular flexibility index (Phi) is 8.59. The molecule has 2 aliphatic carbocycles. The van der Waals surface area contributed by atoms with Gasteiger partial charge in [-0.2, -0.15) is 0 Å². The molecule has 0 saturated carbocycles. The molecule has 0 fully saturated rings. The van der Waals surface area contributed by atoms with Crippen molar-refractivity contribution < 1.29 is 4.42 Å². The Labute approximate surface area is 393 Å². The SMILES string of the molecule is c1ccc([C@@H](Cc2cccc3c2-c2ccccc2C32c3ccccc3-c3ccc(N(c4ccccc4)c4ccc5sc6ccccc6c5c4)cc32)Cc2cccc3c2oc2ccccc23)cc1. The minimum absolute atomic E-state index is 0.210. The van der Waals surface area contributed by atoms with Crippen LogP contribution in [0.4, 0.5) is 17.1 Å². The van der Waals surface area contributed by atoms with E-state index in [1.807, 2.05) is 11.3 Å². The molecule has 12 aromatic rings. The highest BCUT2D eigenvalue weighted by molar-refractivity contribution is 7.25. The molecule has 2 heterocycles. The lowest BCUT2D eigenvalue weighted by Gasteiger charge is -2.32. The van der Waals surface area contributed by atoms with Crippen LogP contribution in [0.25, 0.3) is 64.4 Å². The number of furan rings is 1. The Balaban J connectivity index is 0.953. The van der Waals surface area contributed by atoms with E-state index in [0.29, 0.717) is 0 Å².